The molecule has 0 amide bonds. The van der Waals surface area contributed by atoms with Crippen molar-refractivity contribution in [3.63, 3.8) is 0 Å². The van der Waals surface area contributed by atoms with Crippen LogP contribution in [0.15, 0.2) is 30.6 Å². The molecule has 6 nitrogen and oxygen atoms in total. The molecule has 1 aromatic carbocycles. The van der Waals surface area contributed by atoms with Crippen molar-refractivity contribution in [2.75, 3.05) is 22.5 Å². The molecule has 0 saturated carbocycles. The molecule has 0 spiro atoms. The van der Waals surface area contributed by atoms with Crippen LogP contribution in [0.3, 0.4) is 0 Å². The Morgan fingerprint density at radius 1 is 1.07 bits per heavy atom. The zero-order valence-corrected chi connectivity index (χ0v) is 17.4. The number of nitrogens with two attached hydrogens (primary N) is 1. The molecule has 4 N–H and O–H groups in total. The Morgan fingerprint density at radius 2 is 1.75 bits per heavy atom. The van der Waals surface area contributed by atoms with Gasteiger partial charge in [0, 0.05) is 30.2 Å². The van der Waals surface area contributed by atoms with Crippen LogP contribution in [0.5, 0.6) is 0 Å². The lowest BCUT2D eigenvalue weighted by molar-refractivity contribution is 0.170. The number of anilines is 3. The monoisotopic (exact) mass is 380 g/mol. The summed E-state index contributed by atoms with van der Waals surface area (Å²) in [5.74, 6) is 1.59. The Morgan fingerprint density at radius 3 is 2.46 bits per heavy atom. The minimum Gasteiger partial charge on any atom is -0.393 e. The maximum atomic E-state index is 6.54. The molecular formula is C22H32N6. The Balaban J connectivity index is 1.55. The minimum atomic E-state index is 0.0701. The van der Waals surface area contributed by atoms with Gasteiger partial charge in [0.1, 0.15) is 12.0 Å². The fourth-order valence-corrected chi connectivity index (χ4v) is 5.05. The van der Waals surface area contributed by atoms with Crippen molar-refractivity contribution in [1.29, 1.82) is 0 Å². The summed E-state index contributed by atoms with van der Waals surface area (Å²) in [6.07, 6.45) is 4.68. The normalized spacial score (nSPS) is 21.2. The van der Waals surface area contributed by atoms with Crippen molar-refractivity contribution in [1.82, 2.24) is 15.3 Å². The van der Waals surface area contributed by atoms with Crippen LogP contribution in [0.2, 0.25) is 0 Å². The molecule has 2 aromatic rings. The Bertz CT molecular complexity index is 844. The molecule has 1 aromatic heterocycles. The summed E-state index contributed by atoms with van der Waals surface area (Å²) >= 11 is 0. The molecule has 0 atom stereocenters. The van der Waals surface area contributed by atoms with Crippen LogP contribution in [0, 0.1) is 0 Å². The van der Waals surface area contributed by atoms with Gasteiger partial charge in [-0.15, -0.1) is 0 Å². The predicted molar refractivity (Wildman–Crippen MR) is 116 cm³/mol. The zero-order valence-electron chi connectivity index (χ0n) is 17.4. The van der Waals surface area contributed by atoms with Gasteiger partial charge in [-0.25, -0.2) is 9.97 Å². The van der Waals surface area contributed by atoms with Gasteiger partial charge in [-0.1, -0.05) is 24.3 Å². The highest BCUT2D eigenvalue weighted by Crippen LogP contribution is 2.34. The zero-order chi connectivity index (χ0) is 19.9. The average Bonchev–Trinajstić information content (AvgIpc) is 2.60. The molecule has 2 aliphatic rings. The molecule has 0 bridgehead atoms. The first-order valence-electron chi connectivity index (χ1n) is 10.2. The molecule has 28 heavy (non-hydrogen) atoms. The first-order valence-corrected chi connectivity index (χ1v) is 10.2. The second-order valence-electron chi connectivity index (χ2n) is 9.54. The van der Waals surface area contributed by atoms with Gasteiger partial charge in [0.15, 0.2) is 11.6 Å². The molecule has 2 aliphatic heterocycles. The van der Waals surface area contributed by atoms with Gasteiger partial charge in [0.05, 0.1) is 0 Å². The van der Waals surface area contributed by atoms with Crippen LogP contribution in [-0.2, 0) is 13.0 Å². The standard InChI is InChI=1S/C22H32N6/c1-21(2)11-17(12-22(3,4)27-21)26-19-18(23)20(25-14-24-19)28-10-9-15-7-5-6-8-16(15)13-28/h5-8,14,17,27H,9-13,23H2,1-4H3,(H,24,25,26). The Labute approximate surface area is 167 Å². The third-order valence-electron chi connectivity index (χ3n) is 5.82. The fourth-order valence-electron chi connectivity index (χ4n) is 5.05. The fraction of sp³-hybridized carbons (Fsp3) is 0.545. The molecule has 0 aliphatic carbocycles. The molecule has 4 rings (SSSR count). The van der Waals surface area contributed by atoms with Crippen molar-refractivity contribution in [2.24, 2.45) is 0 Å². The van der Waals surface area contributed by atoms with Crippen LogP contribution >= 0.6 is 0 Å². The van der Waals surface area contributed by atoms with E-state index in [0.29, 0.717) is 11.7 Å². The Kier molecular flexibility index (Phi) is 4.70. The SMILES string of the molecule is CC1(C)CC(Nc2ncnc(N3CCc4ccccc4C3)c2N)CC(C)(C)N1. The van der Waals surface area contributed by atoms with Crippen molar-refractivity contribution >= 4 is 17.3 Å². The molecule has 150 valence electrons. The van der Waals surface area contributed by atoms with E-state index >= 15 is 0 Å². The molecule has 0 radical (unpaired) electrons. The summed E-state index contributed by atoms with van der Waals surface area (Å²) < 4.78 is 0. The van der Waals surface area contributed by atoms with E-state index in [1.54, 1.807) is 6.33 Å². The average molecular weight is 381 g/mol. The van der Waals surface area contributed by atoms with Gasteiger partial charge in [0.25, 0.3) is 0 Å². The van der Waals surface area contributed by atoms with Crippen LogP contribution in [-0.4, -0.2) is 33.6 Å². The number of hydrogen-bond donors (Lipinski definition) is 3. The van der Waals surface area contributed by atoms with Crippen LogP contribution < -0.4 is 21.3 Å². The number of nitrogens with one attached hydrogen (secondary N) is 2. The summed E-state index contributed by atoms with van der Waals surface area (Å²) in [5.41, 5.74) is 10.1. The number of aromatic nitrogens is 2. The highest BCUT2D eigenvalue weighted by Gasteiger charge is 2.38. The summed E-state index contributed by atoms with van der Waals surface area (Å²) in [5, 5.41) is 7.34. The van der Waals surface area contributed by atoms with Crippen molar-refractivity contribution < 1.29 is 0 Å². The molecule has 1 saturated heterocycles. The van der Waals surface area contributed by atoms with Gasteiger partial charge in [0.2, 0.25) is 0 Å². The quantitative estimate of drug-likeness (QED) is 0.758. The van der Waals surface area contributed by atoms with E-state index in [1.165, 1.54) is 11.1 Å². The first kappa shape index (κ1) is 19.0. The summed E-state index contributed by atoms with van der Waals surface area (Å²) in [6.45, 7) is 10.8. The smallest absolute Gasteiger partial charge is 0.157 e. The predicted octanol–water partition coefficient (Wildman–Crippen LogP) is 3.34. The maximum absolute atomic E-state index is 6.54. The molecule has 6 heteroatoms. The molecule has 1 fully saturated rings. The lowest BCUT2D eigenvalue weighted by atomic mass is 9.79. The number of piperidine rings is 1. The molecular weight excluding hydrogens is 348 g/mol. The van der Waals surface area contributed by atoms with Gasteiger partial charge >= 0.3 is 0 Å². The van der Waals surface area contributed by atoms with E-state index in [4.69, 9.17) is 5.73 Å². The van der Waals surface area contributed by atoms with Gasteiger partial charge in [-0.2, -0.15) is 0 Å². The number of nitrogens with zero attached hydrogens (tertiary/aromatic N) is 3. The topological polar surface area (TPSA) is 79.1 Å². The number of rotatable bonds is 3. The number of hydrogen-bond acceptors (Lipinski definition) is 6. The van der Waals surface area contributed by atoms with Gasteiger partial charge < -0.3 is 21.3 Å². The lowest BCUT2D eigenvalue weighted by Crippen LogP contribution is -2.60. The van der Waals surface area contributed by atoms with Crippen molar-refractivity contribution in [2.45, 2.75) is 70.6 Å². The number of nitrogen functional groups attached to an aromatic ring is 1. The third-order valence-corrected chi connectivity index (χ3v) is 5.82. The number of fused-ring (bicyclic) bond motifs is 1. The van der Waals surface area contributed by atoms with Crippen molar-refractivity contribution in [3.8, 4) is 0 Å². The van der Waals surface area contributed by atoms with Crippen LogP contribution in [0.25, 0.3) is 0 Å². The summed E-state index contributed by atoms with van der Waals surface area (Å²) in [7, 11) is 0. The molecule has 3 heterocycles. The van der Waals surface area contributed by atoms with Crippen LogP contribution in [0.4, 0.5) is 17.3 Å². The van der Waals surface area contributed by atoms with Crippen LogP contribution in [0.1, 0.15) is 51.7 Å². The van der Waals surface area contributed by atoms with E-state index in [1.807, 2.05) is 0 Å². The first-order chi connectivity index (χ1) is 13.2. The summed E-state index contributed by atoms with van der Waals surface area (Å²) in [6, 6.07) is 8.93. The largest absolute Gasteiger partial charge is 0.393 e. The van der Waals surface area contributed by atoms with Crippen molar-refractivity contribution in [3.05, 3.63) is 41.7 Å². The highest BCUT2D eigenvalue weighted by molar-refractivity contribution is 5.75. The van der Waals surface area contributed by atoms with E-state index in [2.05, 4.69) is 77.5 Å². The minimum absolute atomic E-state index is 0.0701. The van der Waals surface area contributed by atoms with E-state index < -0.39 is 0 Å². The third kappa shape index (κ3) is 3.92. The van der Waals surface area contributed by atoms with Gasteiger partial charge in [-0.3, -0.25) is 0 Å². The van der Waals surface area contributed by atoms with E-state index in [-0.39, 0.29) is 11.1 Å². The Hall–Kier alpha value is -2.34. The number of benzene rings is 1. The summed E-state index contributed by atoms with van der Waals surface area (Å²) in [4.78, 5) is 11.3. The lowest BCUT2D eigenvalue weighted by Gasteiger charge is -2.46. The molecule has 0 unspecified atom stereocenters. The maximum Gasteiger partial charge on any atom is 0.157 e. The second-order valence-corrected chi connectivity index (χ2v) is 9.54. The second kappa shape index (κ2) is 6.92. The van der Waals surface area contributed by atoms with E-state index in [9.17, 15) is 0 Å². The van der Waals surface area contributed by atoms with E-state index in [0.717, 1.165) is 44.0 Å². The van der Waals surface area contributed by atoms with Gasteiger partial charge in [-0.05, 0) is 58.1 Å². The highest BCUT2D eigenvalue weighted by atomic mass is 15.2.